The van der Waals surface area contributed by atoms with Crippen LogP contribution < -0.4 is 4.74 Å². The van der Waals surface area contributed by atoms with Crippen molar-refractivity contribution in [2.24, 2.45) is 0 Å². The Bertz CT molecular complexity index is 1030. The smallest absolute Gasteiger partial charge is 0.156 e. The molecular formula is C23H23N3O. The van der Waals surface area contributed by atoms with Gasteiger partial charge >= 0.3 is 0 Å². The van der Waals surface area contributed by atoms with Gasteiger partial charge in [0, 0.05) is 12.1 Å². The number of rotatable bonds is 3. The molecule has 0 unspecified atom stereocenters. The molecule has 0 amide bonds. The molecule has 0 saturated heterocycles. The molecule has 4 nitrogen and oxygen atoms in total. The van der Waals surface area contributed by atoms with Crippen molar-refractivity contribution in [1.29, 1.82) is 0 Å². The highest BCUT2D eigenvalue weighted by Crippen LogP contribution is 2.34. The van der Waals surface area contributed by atoms with Crippen molar-refractivity contribution < 1.29 is 4.74 Å². The third kappa shape index (κ3) is 3.56. The van der Waals surface area contributed by atoms with E-state index in [0.29, 0.717) is 0 Å². The standard InChI is InChI=1S/C23H23N3O/c1-16-14-21(19-8-5-4-6-9-19)22(15-17(16)2)27-20-10-7-13-26-18(3)24-25-23(26)12-11-20/h4-6,8-12,14-15H,7,13H2,1-3H3. The second kappa shape index (κ2) is 7.23. The van der Waals surface area contributed by atoms with Gasteiger partial charge in [0.1, 0.15) is 17.3 Å². The van der Waals surface area contributed by atoms with Crippen molar-refractivity contribution >= 4 is 6.08 Å². The Labute approximate surface area is 159 Å². The number of aryl methyl sites for hydroxylation is 3. The Morgan fingerprint density at radius 1 is 0.926 bits per heavy atom. The number of nitrogens with zero attached hydrogens (tertiary/aromatic N) is 3. The van der Waals surface area contributed by atoms with E-state index in [9.17, 15) is 0 Å². The van der Waals surface area contributed by atoms with E-state index < -0.39 is 0 Å². The molecule has 0 N–H and O–H groups in total. The summed E-state index contributed by atoms with van der Waals surface area (Å²) in [6.45, 7) is 7.08. The summed E-state index contributed by atoms with van der Waals surface area (Å²) in [6.07, 6.45) is 6.94. The van der Waals surface area contributed by atoms with Crippen LogP contribution in [0.2, 0.25) is 0 Å². The van der Waals surface area contributed by atoms with E-state index in [1.165, 1.54) is 11.1 Å². The molecule has 4 heteroatoms. The minimum Gasteiger partial charge on any atom is -0.457 e. The molecule has 1 aliphatic heterocycles. The van der Waals surface area contributed by atoms with Gasteiger partial charge in [-0.2, -0.15) is 0 Å². The minimum atomic E-state index is 0.835. The molecule has 0 atom stereocenters. The number of ether oxygens (including phenoxy) is 1. The summed E-state index contributed by atoms with van der Waals surface area (Å²) < 4.78 is 8.47. The fraction of sp³-hybridized carbons (Fsp3) is 0.217. The molecule has 4 rings (SSSR count). The average molecular weight is 357 g/mol. The van der Waals surface area contributed by atoms with Crippen LogP contribution >= 0.6 is 0 Å². The Balaban J connectivity index is 1.69. The third-order valence-electron chi connectivity index (χ3n) is 4.97. The van der Waals surface area contributed by atoms with E-state index in [1.807, 2.05) is 25.1 Å². The molecule has 1 aliphatic rings. The van der Waals surface area contributed by atoms with Crippen molar-refractivity contribution in [2.75, 3.05) is 0 Å². The molecule has 0 fully saturated rings. The van der Waals surface area contributed by atoms with E-state index in [4.69, 9.17) is 4.74 Å². The van der Waals surface area contributed by atoms with Crippen LogP contribution in [0, 0.1) is 20.8 Å². The van der Waals surface area contributed by atoms with Gasteiger partial charge in [-0.15, -0.1) is 10.2 Å². The number of benzene rings is 2. The Kier molecular flexibility index (Phi) is 4.63. The first-order valence-corrected chi connectivity index (χ1v) is 9.24. The first-order valence-electron chi connectivity index (χ1n) is 9.24. The lowest BCUT2D eigenvalue weighted by atomic mass is 9.99. The van der Waals surface area contributed by atoms with Crippen molar-refractivity contribution in [2.45, 2.75) is 33.7 Å². The number of allylic oxidation sites excluding steroid dienone is 2. The quantitative estimate of drug-likeness (QED) is 0.643. The van der Waals surface area contributed by atoms with E-state index in [2.05, 4.69) is 71.1 Å². The van der Waals surface area contributed by atoms with Crippen molar-refractivity contribution in [1.82, 2.24) is 14.8 Å². The molecule has 0 aliphatic carbocycles. The molecule has 2 aromatic carbocycles. The lowest BCUT2D eigenvalue weighted by Gasteiger charge is -2.16. The molecule has 0 saturated carbocycles. The largest absolute Gasteiger partial charge is 0.457 e. The molecule has 0 bridgehead atoms. The second-order valence-electron chi connectivity index (χ2n) is 6.89. The summed E-state index contributed by atoms with van der Waals surface area (Å²) in [4.78, 5) is 0. The Hall–Kier alpha value is -3.14. The fourth-order valence-corrected chi connectivity index (χ4v) is 3.28. The zero-order chi connectivity index (χ0) is 18.8. The molecular weight excluding hydrogens is 334 g/mol. The van der Waals surface area contributed by atoms with Gasteiger partial charge in [-0.25, -0.2) is 0 Å². The first-order chi connectivity index (χ1) is 13.1. The number of aromatic nitrogens is 3. The second-order valence-corrected chi connectivity index (χ2v) is 6.89. The molecule has 1 aromatic heterocycles. The van der Waals surface area contributed by atoms with Gasteiger partial charge in [-0.3, -0.25) is 0 Å². The van der Waals surface area contributed by atoms with E-state index in [-0.39, 0.29) is 0 Å². The molecule has 0 spiro atoms. The van der Waals surface area contributed by atoms with Crippen LogP contribution in [0.15, 0.2) is 60.4 Å². The van der Waals surface area contributed by atoms with Crippen molar-refractivity contribution in [3.8, 4) is 16.9 Å². The van der Waals surface area contributed by atoms with Crippen LogP contribution in [-0.4, -0.2) is 14.8 Å². The van der Waals surface area contributed by atoms with E-state index in [1.54, 1.807) is 0 Å². The molecule has 27 heavy (non-hydrogen) atoms. The normalized spacial score (nSPS) is 13.5. The maximum atomic E-state index is 6.35. The van der Waals surface area contributed by atoms with E-state index in [0.717, 1.165) is 47.2 Å². The minimum absolute atomic E-state index is 0.835. The van der Waals surface area contributed by atoms with Crippen LogP contribution in [0.3, 0.4) is 0 Å². The highest BCUT2D eigenvalue weighted by atomic mass is 16.5. The molecule has 3 aromatic rings. The van der Waals surface area contributed by atoms with Gasteiger partial charge in [0.05, 0.1) is 0 Å². The lowest BCUT2D eigenvalue weighted by Crippen LogP contribution is -2.05. The first kappa shape index (κ1) is 17.3. The third-order valence-corrected chi connectivity index (χ3v) is 4.97. The Morgan fingerprint density at radius 3 is 2.52 bits per heavy atom. The average Bonchev–Trinajstić information content (AvgIpc) is 3.00. The van der Waals surface area contributed by atoms with Crippen LogP contribution in [-0.2, 0) is 6.54 Å². The highest BCUT2D eigenvalue weighted by molar-refractivity contribution is 5.72. The molecule has 136 valence electrons. The molecule has 2 heterocycles. The predicted octanol–water partition coefficient (Wildman–Crippen LogP) is 5.25. The van der Waals surface area contributed by atoms with Crippen LogP contribution in [0.5, 0.6) is 5.75 Å². The van der Waals surface area contributed by atoms with Gasteiger partial charge in [0.25, 0.3) is 0 Å². The predicted molar refractivity (Wildman–Crippen MR) is 108 cm³/mol. The van der Waals surface area contributed by atoms with Gasteiger partial charge in [0.2, 0.25) is 0 Å². The summed E-state index contributed by atoms with van der Waals surface area (Å²) >= 11 is 0. The number of hydrogen-bond donors (Lipinski definition) is 0. The Morgan fingerprint density at radius 2 is 1.70 bits per heavy atom. The summed E-state index contributed by atoms with van der Waals surface area (Å²) in [7, 11) is 0. The zero-order valence-electron chi connectivity index (χ0n) is 15.9. The fourth-order valence-electron chi connectivity index (χ4n) is 3.28. The number of hydrogen-bond acceptors (Lipinski definition) is 3. The van der Waals surface area contributed by atoms with Gasteiger partial charge in [-0.05, 0) is 74.2 Å². The van der Waals surface area contributed by atoms with Gasteiger partial charge in [-0.1, -0.05) is 30.3 Å². The summed E-state index contributed by atoms with van der Waals surface area (Å²) in [5.41, 5.74) is 4.73. The van der Waals surface area contributed by atoms with E-state index >= 15 is 0 Å². The topological polar surface area (TPSA) is 39.9 Å². The highest BCUT2D eigenvalue weighted by Gasteiger charge is 2.12. The summed E-state index contributed by atoms with van der Waals surface area (Å²) in [5.74, 6) is 3.51. The summed E-state index contributed by atoms with van der Waals surface area (Å²) in [6, 6.07) is 14.7. The van der Waals surface area contributed by atoms with Crippen molar-refractivity contribution in [3.63, 3.8) is 0 Å². The van der Waals surface area contributed by atoms with Gasteiger partial charge < -0.3 is 9.30 Å². The summed E-state index contributed by atoms with van der Waals surface area (Å²) in [5, 5.41) is 8.40. The molecule has 0 radical (unpaired) electrons. The maximum absolute atomic E-state index is 6.35. The van der Waals surface area contributed by atoms with Gasteiger partial charge in [0.15, 0.2) is 5.82 Å². The van der Waals surface area contributed by atoms with Crippen LogP contribution in [0.1, 0.15) is 29.2 Å². The van der Waals surface area contributed by atoms with Crippen molar-refractivity contribution in [3.05, 3.63) is 83.2 Å². The maximum Gasteiger partial charge on any atom is 0.156 e. The zero-order valence-corrected chi connectivity index (χ0v) is 15.9. The monoisotopic (exact) mass is 357 g/mol. The lowest BCUT2D eigenvalue weighted by molar-refractivity contribution is 0.441. The van der Waals surface area contributed by atoms with Crippen LogP contribution in [0.25, 0.3) is 17.2 Å². The number of fused-ring (bicyclic) bond motifs is 1. The SMILES string of the molecule is Cc1cc(OC2=CCCn3c(C)nnc3C=C2)c(-c2ccccc2)cc1C. The van der Waals surface area contributed by atoms with Crippen LogP contribution in [0.4, 0.5) is 0 Å².